The Morgan fingerprint density at radius 1 is 0.919 bits per heavy atom. The maximum absolute atomic E-state index is 12.6. The van der Waals surface area contributed by atoms with Gasteiger partial charge in [-0.25, -0.2) is 0 Å². The summed E-state index contributed by atoms with van der Waals surface area (Å²) in [5.74, 6) is -0.519. The lowest BCUT2D eigenvalue weighted by atomic mass is 10.1. The molecule has 1 saturated heterocycles. The molecule has 8 heteroatoms. The van der Waals surface area contributed by atoms with E-state index in [0.717, 1.165) is 16.5 Å². The van der Waals surface area contributed by atoms with Gasteiger partial charge < -0.3 is 19.7 Å². The van der Waals surface area contributed by atoms with Gasteiger partial charge in [0.15, 0.2) is 6.61 Å². The molecule has 1 aliphatic heterocycles. The number of benzene rings is 4. The predicted molar refractivity (Wildman–Crippen MR) is 142 cm³/mol. The minimum absolute atomic E-state index is 0.0197. The monoisotopic (exact) mass is 514 g/mol. The second kappa shape index (κ2) is 10.7. The molecular formula is C29H23ClN2O5. The largest absolute Gasteiger partial charge is 0.457 e. The summed E-state index contributed by atoms with van der Waals surface area (Å²) in [6.45, 7) is -0.258. The SMILES string of the molecule is O=C(COC(=O)[C@@H]1CC(=O)N(c2ccc(Oc3cccc4ccccc34)cc2)C1)Nc1ccc(Cl)cc1. The molecule has 37 heavy (non-hydrogen) atoms. The van der Waals surface area contributed by atoms with Gasteiger partial charge in [0.05, 0.1) is 5.92 Å². The van der Waals surface area contributed by atoms with Gasteiger partial charge in [0.25, 0.3) is 5.91 Å². The van der Waals surface area contributed by atoms with Crippen LogP contribution >= 0.6 is 11.6 Å². The molecule has 0 unspecified atom stereocenters. The number of hydrogen-bond donors (Lipinski definition) is 1. The van der Waals surface area contributed by atoms with Crippen LogP contribution < -0.4 is 15.0 Å². The van der Waals surface area contributed by atoms with Crippen LogP contribution in [0.1, 0.15) is 6.42 Å². The van der Waals surface area contributed by atoms with Crippen molar-refractivity contribution in [3.05, 3.63) is 96.0 Å². The lowest BCUT2D eigenvalue weighted by molar-refractivity contribution is -0.151. The molecule has 1 atom stereocenters. The molecule has 5 rings (SSSR count). The van der Waals surface area contributed by atoms with Crippen LogP contribution in [0.2, 0.25) is 5.02 Å². The van der Waals surface area contributed by atoms with Gasteiger partial charge in [-0.2, -0.15) is 0 Å². The zero-order valence-electron chi connectivity index (χ0n) is 19.7. The van der Waals surface area contributed by atoms with E-state index in [1.54, 1.807) is 53.4 Å². The molecule has 1 N–H and O–H groups in total. The van der Waals surface area contributed by atoms with Crippen molar-refractivity contribution >= 4 is 51.5 Å². The summed E-state index contributed by atoms with van der Waals surface area (Å²) in [5, 5.41) is 5.26. The number of rotatable bonds is 7. The van der Waals surface area contributed by atoms with Crippen molar-refractivity contribution in [3.8, 4) is 11.5 Å². The van der Waals surface area contributed by atoms with Crippen molar-refractivity contribution < 1.29 is 23.9 Å². The van der Waals surface area contributed by atoms with Crippen LogP contribution in [0.5, 0.6) is 11.5 Å². The van der Waals surface area contributed by atoms with Gasteiger partial charge in [-0.15, -0.1) is 0 Å². The molecular weight excluding hydrogens is 492 g/mol. The Bertz CT molecular complexity index is 1450. The Hall–Kier alpha value is -4.36. The topological polar surface area (TPSA) is 84.9 Å². The van der Waals surface area contributed by atoms with Gasteiger partial charge in [-0.3, -0.25) is 14.4 Å². The fraction of sp³-hybridized carbons (Fsp3) is 0.138. The number of anilines is 2. The summed E-state index contributed by atoms with van der Waals surface area (Å²) in [7, 11) is 0. The minimum atomic E-state index is -0.651. The first-order chi connectivity index (χ1) is 18.0. The quantitative estimate of drug-likeness (QED) is 0.314. The van der Waals surface area contributed by atoms with E-state index in [0.29, 0.717) is 22.1 Å². The average Bonchev–Trinajstić information content (AvgIpc) is 3.31. The molecule has 1 fully saturated rings. The third-order valence-electron chi connectivity index (χ3n) is 6.06. The van der Waals surface area contributed by atoms with E-state index in [4.69, 9.17) is 21.1 Å². The van der Waals surface area contributed by atoms with Crippen molar-refractivity contribution in [1.82, 2.24) is 0 Å². The molecule has 1 heterocycles. The number of carbonyl (C=O) groups excluding carboxylic acids is 3. The number of ether oxygens (including phenoxy) is 2. The van der Waals surface area contributed by atoms with Crippen LogP contribution in [-0.4, -0.2) is 30.9 Å². The Kier molecular flexibility index (Phi) is 7.05. The van der Waals surface area contributed by atoms with Crippen LogP contribution in [0, 0.1) is 5.92 Å². The second-order valence-electron chi connectivity index (χ2n) is 8.64. The predicted octanol–water partition coefficient (Wildman–Crippen LogP) is 5.82. The van der Waals surface area contributed by atoms with Gasteiger partial charge >= 0.3 is 5.97 Å². The molecule has 4 aromatic carbocycles. The molecule has 7 nitrogen and oxygen atoms in total. The molecule has 0 bridgehead atoms. The highest BCUT2D eigenvalue weighted by Crippen LogP contribution is 2.32. The van der Waals surface area contributed by atoms with Gasteiger partial charge in [-0.05, 0) is 60.0 Å². The lowest BCUT2D eigenvalue weighted by Crippen LogP contribution is -2.28. The van der Waals surface area contributed by atoms with E-state index in [1.165, 1.54) is 0 Å². The summed E-state index contributed by atoms with van der Waals surface area (Å²) in [6, 6.07) is 27.6. The second-order valence-corrected chi connectivity index (χ2v) is 9.08. The summed E-state index contributed by atoms with van der Waals surface area (Å²) in [6.07, 6.45) is 0.0197. The zero-order chi connectivity index (χ0) is 25.8. The molecule has 4 aromatic rings. The van der Waals surface area contributed by atoms with Crippen LogP contribution in [0.15, 0.2) is 91.0 Å². The number of amides is 2. The van der Waals surface area contributed by atoms with Crippen molar-refractivity contribution in [3.63, 3.8) is 0 Å². The lowest BCUT2D eigenvalue weighted by Gasteiger charge is -2.17. The average molecular weight is 515 g/mol. The Morgan fingerprint density at radius 3 is 2.43 bits per heavy atom. The van der Waals surface area contributed by atoms with Crippen LogP contribution in [0.4, 0.5) is 11.4 Å². The van der Waals surface area contributed by atoms with Gasteiger partial charge in [-0.1, -0.05) is 48.0 Å². The third-order valence-corrected chi connectivity index (χ3v) is 6.31. The number of hydrogen-bond acceptors (Lipinski definition) is 5. The zero-order valence-corrected chi connectivity index (χ0v) is 20.5. The standard InChI is InChI=1S/C29H23ClN2O5/c30-21-8-10-22(11-9-21)31-27(33)18-36-29(35)20-16-28(34)32(17-20)23-12-14-24(15-13-23)37-26-7-3-5-19-4-1-2-6-25(19)26/h1-15,20H,16-18H2,(H,31,33)/t20-/m1/s1. The van der Waals surface area contributed by atoms with Gasteiger partial charge in [0.2, 0.25) is 5.91 Å². The van der Waals surface area contributed by atoms with E-state index in [2.05, 4.69) is 5.32 Å². The maximum atomic E-state index is 12.6. The number of halogens is 1. The fourth-order valence-corrected chi connectivity index (χ4v) is 4.33. The normalized spacial score (nSPS) is 15.0. The summed E-state index contributed by atoms with van der Waals surface area (Å²) in [4.78, 5) is 38.8. The minimum Gasteiger partial charge on any atom is -0.457 e. The van der Waals surface area contributed by atoms with Crippen molar-refractivity contribution in [1.29, 1.82) is 0 Å². The first kappa shape index (κ1) is 24.3. The molecule has 186 valence electrons. The third kappa shape index (κ3) is 5.73. The number of nitrogens with one attached hydrogen (secondary N) is 1. The molecule has 1 aliphatic rings. The number of esters is 1. The Balaban J connectivity index is 1.16. The van der Waals surface area contributed by atoms with E-state index in [-0.39, 0.29) is 18.9 Å². The summed E-state index contributed by atoms with van der Waals surface area (Å²) >= 11 is 5.83. The van der Waals surface area contributed by atoms with E-state index < -0.39 is 24.4 Å². The highest BCUT2D eigenvalue weighted by Gasteiger charge is 2.36. The molecule has 0 aliphatic carbocycles. The first-order valence-corrected chi connectivity index (χ1v) is 12.1. The highest BCUT2D eigenvalue weighted by molar-refractivity contribution is 6.30. The van der Waals surface area contributed by atoms with Crippen molar-refractivity contribution in [2.24, 2.45) is 5.92 Å². The Morgan fingerprint density at radius 2 is 1.65 bits per heavy atom. The fourth-order valence-electron chi connectivity index (χ4n) is 4.21. The smallest absolute Gasteiger partial charge is 0.311 e. The Labute approximate surface area is 218 Å². The number of carbonyl (C=O) groups is 3. The molecule has 0 saturated carbocycles. The van der Waals surface area contributed by atoms with Crippen molar-refractivity contribution in [2.75, 3.05) is 23.4 Å². The van der Waals surface area contributed by atoms with Gasteiger partial charge in [0.1, 0.15) is 11.5 Å². The molecule has 0 radical (unpaired) electrons. The van der Waals surface area contributed by atoms with Crippen LogP contribution in [0.3, 0.4) is 0 Å². The first-order valence-electron chi connectivity index (χ1n) is 11.7. The van der Waals surface area contributed by atoms with Crippen LogP contribution in [-0.2, 0) is 19.1 Å². The van der Waals surface area contributed by atoms with Crippen LogP contribution in [0.25, 0.3) is 10.8 Å². The maximum Gasteiger partial charge on any atom is 0.311 e. The summed E-state index contributed by atoms with van der Waals surface area (Å²) < 4.78 is 11.2. The molecule has 0 aromatic heterocycles. The van der Waals surface area contributed by atoms with E-state index in [1.807, 2.05) is 42.5 Å². The molecule has 2 amide bonds. The van der Waals surface area contributed by atoms with E-state index >= 15 is 0 Å². The highest BCUT2D eigenvalue weighted by atomic mass is 35.5. The molecule has 0 spiro atoms. The number of fused-ring (bicyclic) bond motifs is 1. The van der Waals surface area contributed by atoms with Crippen molar-refractivity contribution in [2.45, 2.75) is 6.42 Å². The summed E-state index contributed by atoms with van der Waals surface area (Å²) in [5.41, 5.74) is 1.20. The van der Waals surface area contributed by atoms with E-state index in [9.17, 15) is 14.4 Å². The number of nitrogens with zero attached hydrogens (tertiary/aromatic N) is 1. The van der Waals surface area contributed by atoms with Gasteiger partial charge in [0, 0.05) is 34.7 Å².